The highest BCUT2D eigenvalue weighted by Crippen LogP contribution is 2.12. The predicted molar refractivity (Wildman–Crippen MR) is 56.1 cm³/mol. The van der Waals surface area contributed by atoms with Crippen molar-refractivity contribution in [3.05, 3.63) is 35.4 Å². The number of rotatable bonds is 2. The van der Waals surface area contributed by atoms with Crippen LogP contribution in [0.1, 0.15) is 18.1 Å². The molecule has 0 amide bonds. The molecule has 1 aromatic carbocycles. The fourth-order valence-corrected chi connectivity index (χ4v) is 1.60. The van der Waals surface area contributed by atoms with Gasteiger partial charge in [-0.3, -0.25) is 5.41 Å². The Morgan fingerprint density at radius 1 is 1.50 bits per heavy atom. The lowest BCUT2D eigenvalue weighted by Gasteiger charge is -2.01. The van der Waals surface area contributed by atoms with Crippen molar-refractivity contribution in [3.8, 4) is 0 Å². The molecule has 0 radical (unpaired) electrons. The molecule has 0 atom stereocenters. The minimum absolute atomic E-state index is 0.668. The Morgan fingerprint density at radius 3 is 2.83 bits per heavy atom. The van der Waals surface area contributed by atoms with Gasteiger partial charge in [0.25, 0.3) is 0 Å². The second-order valence-electron chi connectivity index (χ2n) is 2.63. The Bertz CT molecular complexity index is 281. The van der Waals surface area contributed by atoms with Gasteiger partial charge in [0.15, 0.2) is 0 Å². The minimum atomic E-state index is 0.668. The second kappa shape index (κ2) is 4.31. The summed E-state index contributed by atoms with van der Waals surface area (Å²) < 4.78 is 0. The summed E-state index contributed by atoms with van der Waals surface area (Å²) in [5.74, 6) is 0.965. The van der Waals surface area contributed by atoms with E-state index >= 15 is 0 Å². The summed E-state index contributed by atoms with van der Waals surface area (Å²) in [5, 5.41) is 8.36. The van der Waals surface area contributed by atoms with E-state index in [2.05, 4.69) is 6.92 Å². The molecule has 0 unspecified atom stereocenters. The molecule has 0 fully saturated rings. The van der Waals surface area contributed by atoms with Crippen LogP contribution >= 0.6 is 11.8 Å². The van der Waals surface area contributed by atoms with Crippen LogP contribution in [0.4, 0.5) is 0 Å². The molecular formula is C10H13NS. The van der Waals surface area contributed by atoms with Crippen LogP contribution in [-0.2, 0) is 0 Å². The van der Waals surface area contributed by atoms with Gasteiger partial charge in [0.05, 0.1) is 5.04 Å². The number of hydrogen-bond acceptors (Lipinski definition) is 2. The van der Waals surface area contributed by atoms with Crippen LogP contribution in [-0.4, -0.2) is 10.8 Å². The molecule has 64 valence electrons. The Labute approximate surface area is 77.7 Å². The first-order chi connectivity index (χ1) is 5.74. The minimum Gasteiger partial charge on any atom is -0.293 e. The van der Waals surface area contributed by atoms with Gasteiger partial charge in [0.1, 0.15) is 0 Å². The number of aryl methyl sites for hydroxylation is 1. The normalized spacial score (nSPS) is 9.83. The molecule has 0 aliphatic heterocycles. The maximum Gasteiger partial charge on any atom is 0.0942 e. The van der Waals surface area contributed by atoms with E-state index in [4.69, 9.17) is 5.41 Å². The van der Waals surface area contributed by atoms with E-state index in [1.165, 1.54) is 5.56 Å². The zero-order valence-electron chi connectivity index (χ0n) is 7.42. The van der Waals surface area contributed by atoms with Crippen LogP contribution in [0.15, 0.2) is 24.3 Å². The summed E-state index contributed by atoms with van der Waals surface area (Å²) in [7, 11) is 0. The molecule has 1 nitrogen and oxygen atoms in total. The summed E-state index contributed by atoms with van der Waals surface area (Å²) >= 11 is 1.58. The third-order valence-corrected chi connectivity index (χ3v) is 2.38. The Balaban J connectivity index is 2.81. The Morgan fingerprint density at radius 2 is 2.25 bits per heavy atom. The fraction of sp³-hybridized carbons (Fsp3) is 0.300. The van der Waals surface area contributed by atoms with E-state index in [0.29, 0.717) is 5.04 Å². The summed E-state index contributed by atoms with van der Waals surface area (Å²) in [5.41, 5.74) is 2.25. The van der Waals surface area contributed by atoms with Gasteiger partial charge >= 0.3 is 0 Å². The molecule has 0 heterocycles. The van der Waals surface area contributed by atoms with Crippen molar-refractivity contribution in [3.63, 3.8) is 0 Å². The van der Waals surface area contributed by atoms with Crippen LogP contribution < -0.4 is 0 Å². The molecule has 1 rings (SSSR count). The lowest BCUT2D eigenvalue weighted by Crippen LogP contribution is -1.93. The van der Waals surface area contributed by atoms with Crippen molar-refractivity contribution in [2.24, 2.45) is 0 Å². The second-order valence-corrected chi connectivity index (χ2v) is 3.91. The predicted octanol–water partition coefficient (Wildman–Crippen LogP) is 3.07. The average Bonchev–Trinajstić information content (AvgIpc) is 2.05. The van der Waals surface area contributed by atoms with E-state index in [1.807, 2.05) is 31.2 Å². The lowest BCUT2D eigenvalue weighted by molar-refractivity contribution is 1.44. The van der Waals surface area contributed by atoms with Crippen LogP contribution in [0, 0.1) is 12.3 Å². The smallest absolute Gasteiger partial charge is 0.0942 e. The molecule has 2 heteroatoms. The molecule has 12 heavy (non-hydrogen) atoms. The molecule has 0 aliphatic rings. The quantitative estimate of drug-likeness (QED) is 0.547. The first-order valence-corrected chi connectivity index (χ1v) is 5.01. The molecule has 1 aromatic rings. The van der Waals surface area contributed by atoms with Gasteiger partial charge in [0.2, 0.25) is 0 Å². The highest BCUT2D eigenvalue weighted by atomic mass is 32.2. The molecule has 0 aromatic heterocycles. The topological polar surface area (TPSA) is 23.9 Å². The number of hydrogen-bond donors (Lipinski definition) is 1. The highest BCUT2D eigenvalue weighted by Gasteiger charge is 1.99. The first-order valence-electron chi connectivity index (χ1n) is 4.02. The van der Waals surface area contributed by atoms with E-state index in [1.54, 1.807) is 11.8 Å². The summed E-state index contributed by atoms with van der Waals surface area (Å²) in [6.45, 7) is 4.11. The van der Waals surface area contributed by atoms with Crippen LogP contribution in [0.3, 0.4) is 0 Å². The number of nitrogens with one attached hydrogen (secondary N) is 1. The summed E-state index contributed by atoms with van der Waals surface area (Å²) in [6.07, 6.45) is 0. The van der Waals surface area contributed by atoms with Gasteiger partial charge in [-0.2, -0.15) is 0 Å². The van der Waals surface area contributed by atoms with Crippen LogP contribution in [0.25, 0.3) is 0 Å². The summed E-state index contributed by atoms with van der Waals surface area (Å²) in [4.78, 5) is 0. The highest BCUT2D eigenvalue weighted by molar-refractivity contribution is 8.14. The van der Waals surface area contributed by atoms with Crippen molar-refractivity contribution in [2.75, 3.05) is 5.75 Å². The maximum atomic E-state index is 7.69. The molecule has 1 N–H and O–H groups in total. The van der Waals surface area contributed by atoms with Crippen molar-refractivity contribution < 1.29 is 0 Å². The van der Waals surface area contributed by atoms with E-state index in [0.717, 1.165) is 11.3 Å². The largest absolute Gasteiger partial charge is 0.293 e. The lowest BCUT2D eigenvalue weighted by atomic mass is 10.1. The van der Waals surface area contributed by atoms with Crippen molar-refractivity contribution in [1.82, 2.24) is 0 Å². The van der Waals surface area contributed by atoms with E-state index in [-0.39, 0.29) is 0 Å². The number of thioether (sulfide) groups is 1. The molecule has 0 aliphatic carbocycles. The zero-order valence-corrected chi connectivity index (χ0v) is 8.24. The fourth-order valence-electron chi connectivity index (χ4n) is 1.01. The standard InChI is InChI=1S/C10H13NS/c1-3-12-10(11)9-6-4-5-8(2)7-9/h4-7,11H,3H2,1-2H3. The Hall–Kier alpha value is -0.760. The van der Waals surface area contributed by atoms with Gasteiger partial charge in [-0.15, -0.1) is 11.8 Å². The van der Waals surface area contributed by atoms with Gasteiger partial charge < -0.3 is 0 Å². The molecular weight excluding hydrogens is 166 g/mol. The van der Waals surface area contributed by atoms with Crippen molar-refractivity contribution in [2.45, 2.75) is 13.8 Å². The van der Waals surface area contributed by atoms with Crippen molar-refractivity contribution >= 4 is 16.8 Å². The molecule has 0 bridgehead atoms. The first kappa shape index (κ1) is 9.33. The molecule has 0 saturated carbocycles. The maximum absolute atomic E-state index is 7.69. The van der Waals surface area contributed by atoms with Crippen molar-refractivity contribution in [1.29, 1.82) is 5.41 Å². The van der Waals surface area contributed by atoms with Gasteiger partial charge in [0, 0.05) is 5.56 Å². The third kappa shape index (κ3) is 2.38. The Kier molecular flexibility index (Phi) is 3.35. The monoisotopic (exact) mass is 179 g/mol. The SMILES string of the molecule is CCSC(=N)c1cccc(C)c1. The van der Waals surface area contributed by atoms with Crippen LogP contribution in [0.5, 0.6) is 0 Å². The zero-order chi connectivity index (χ0) is 8.97. The van der Waals surface area contributed by atoms with E-state index < -0.39 is 0 Å². The van der Waals surface area contributed by atoms with Gasteiger partial charge in [-0.05, 0) is 18.7 Å². The van der Waals surface area contributed by atoms with Crippen LogP contribution in [0.2, 0.25) is 0 Å². The summed E-state index contributed by atoms with van der Waals surface area (Å²) in [6, 6.07) is 8.08. The number of benzene rings is 1. The molecule has 0 saturated heterocycles. The van der Waals surface area contributed by atoms with E-state index in [9.17, 15) is 0 Å². The van der Waals surface area contributed by atoms with Gasteiger partial charge in [-0.1, -0.05) is 30.7 Å². The van der Waals surface area contributed by atoms with Gasteiger partial charge in [-0.25, -0.2) is 0 Å². The third-order valence-electron chi connectivity index (χ3n) is 1.57. The average molecular weight is 179 g/mol. The molecule has 0 spiro atoms.